The molecule has 0 aromatic heterocycles. The molecule has 0 radical (unpaired) electrons. The maximum Gasteiger partial charge on any atom is 0.407 e. The Bertz CT molecular complexity index is 1600. The third kappa shape index (κ3) is 11.1. The van der Waals surface area contributed by atoms with Crippen LogP contribution < -0.4 is 21.3 Å². The molecule has 4 rings (SSSR count). The lowest BCUT2D eigenvalue weighted by atomic mass is 9.83. The van der Waals surface area contributed by atoms with Crippen LogP contribution in [-0.4, -0.2) is 116 Å². The molecular formula is C40H58N6O10. The van der Waals surface area contributed by atoms with Crippen molar-refractivity contribution in [1.29, 1.82) is 0 Å². The second kappa shape index (κ2) is 20.2. The minimum absolute atomic E-state index is 0.0687. The molecule has 2 unspecified atom stereocenters. The topological polar surface area (TPSA) is 210 Å². The van der Waals surface area contributed by atoms with Crippen molar-refractivity contribution in [2.75, 3.05) is 40.4 Å². The lowest BCUT2D eigenvalue weighted by Gasteiger charge is -2.36. The van der Waals surface area contributed by atoms with Gasteiger partial charge in [-0.1, -0.05) is 76.8 Å². The number of nitrogens with one attached hydrogen (secondary N) is 4. The zero-order valence-electron chi connectivity index (χ0n) is 33.3. The summed E-state index contributed by atoms with van der Waals surface area (Å²) in [6.45, 7) is 6.98. The van der Waals surface area contributed by atoms with E-state index in [4.69, 9.17) is 9.47 Å². The minimum Gasteiger partial charge on any atom is -0.466 e. The van der Waals surface area contributed by atoms with Crippen LogP contribution in [0.5, 0.6) is 0 Å². The van der Waals surface area contributed by atoms with E-state index < -0.39 is 89.9 Å². The Morgan fingerprint density at radius 2 is 1.57 bits per heavy atom. The fraction of sp³-hybridized carbons (Fsp3) is 0.650. The summed E-state index contributed by atoms with van der Waals surface area (Å²) < 4.78 is 10.6. The molecule has 3 fully saturated rings. The molecule has 16 heteroatoms. The van der Waals surface area contributed by atoms with Crippen LogP contribution in [0.2, 0.25) is 0 Å². The van der Waals surface area contributed by atoms with E-state index in [9.17, 15) is 38.4 Å². The number of esters is 1. The van der Waals surface area contributed by atoms with E-state index in [0.29, 0.717) is 24.8 Å². The number of benzene rings is 1. The Morgan fingerprint density at radius 1 is 0.893 bits per heavy atom. The van der Waals surface area contributed by atoms with Gasteiger partial charge in [-0.25, -0.2) is 4.79 Å². The van der Waals surface area contributed by atoms with Crippen molar-refractivity contribution >= 4 is 47.4 Å². The van der Waals surface area contributed by atoms with E-state index in [1.54, 1.807) is 58.3 Å². The molecule has 1 aromatic rings. The molecule has 2 aliphatic carbocycles. The number of carbonyl (C=O) groups is 8. The molecule has 1 aliphatic heterocycles. The van der Waals surface area contributed by atoms with Gasteiger partial charge in [0.15, 0.2) is 0 Å². The number of Topliss-reactive ketones (excluding diaryl/α,β-unsaturated/α-hetero) is 1. The molecule has 0 spiro atoms. The van der Waals surface area contributed by atoms with Crippen LogP contribution in [0, 0.1) is 29.6 Å². The summed E-state index contributed by atoms with van der Waals surface area (Å²) in [6, 6.07) is 4.09. The summed E-state index contributed by atoms with van der Waals surface area (Å²) in [5.74, 6) is -6.61. The van der Waals surface area contributed by atoms with E-state index in [2.05, 4.69) is 21.3 Å². The first kappa shape index (κ1) is 43.7. The Morgan fingerprint density at radius 3 is 2.18 bits per heavy atom. The molecule has 1 aromatic carbocycles. The van der Waals surface area contributed by atoms with Crippen LogP contribution >= 0.6 is 0 Å². The molecule has 4 N–H and O–H groups in total. The number of rotatable bonds is 18. The molecule has 1 heterocycles. The predicted molar refractivity (Wildman–Crippen MR) is 203 cm³/mol. The number of ketones is 1. The monoisotopic (exact) mass is 782 g/mol. The SMILES string of the molecule is CCCC(NC(=O)[C@@H]1[C@H]2C(C(=O)OCC)[C@H]2CN1C(=O)[C@@H](NC(=O)OCC(C)C)C1CCCCC1)C(=O)C(=O)NCC(=O)N[C@H](C(=O)N(C)C)c1ccccc1. The lowest BCUT2D eigenvalue weighted by Crippen LogP contribution is -2.59. The first-order chi connectivity index (χ1) is 26.7. The summed E-state index contributed by atoms with van der Waals surface area (Å²) in [7, 11) is 3.09. The summed E-state index contributed by atoms with van der Waals surface area (Å²) in [5, 5.41) is 10.4. The van der Waals surface area contributed by atoms with Crippen molar-refractivity contribution in [3.05, 3.63) is 35.9 Å². The van der Waals surface area contributed by atoms with Crippen LogP contribution in [0.1, 0.15) is 84.2 Å². The van der Waals surface area contributed by atoms with Crippen molar-refractivity contribution in [1.82, 2.24) is 31.1 Å². The first-order valence-corrected chi connectivity index (χ1v) is 19.8. The number of nitrogens with zero attached hydrogens (tertiary/aromatic N) is 2. The number of likely N-dealkylation sites (tertiary alicyclic amines) is 1. The van der Waals surface area contributed by atoms with Crippen molar-refractivity contribution < 1.29 is 47.8 Å². The molecule has 0 bridgehead atoms. The fourth-order valence-electron chi connectivity index (χ4n) is 7.79. The molecule has 2 saturated carbocycles. The summed E-state index contributed by atoms with van der Waals surface area (Å²) in [5.41, 5.74) is 0.530. The van der Waals surface area contributed by atoms with E-state index in [1.807, 2.05) is 13.8 Å². The van der Waals surface area contributed by atoms with E-state index in [0.717, 1.165) is 19.3 Å². The number of piperidine rings is 1. The number of hydrogen-bond donors (Lipinski definition) is 4. The largest absolute Gasteiger partial charge is 0.466 e. The van der Waals surface area contributed by atoms with Crippen molar-refractivity contribution in [3.63, 3.8) is 0 Å². The van der Waals surface area contributed by atoms with Crippen LogP contribution in [0.25, 0.3) is 0 Å². The second-order valence-electron chi connectivity index (χ2n) is 15.5. The first-order valence-electron chi connectivity index (χ1n) is 19.8. The number of amides is 6. The lowest BCUT2D eigenvalue weighted by molar-refractivity contribution is -0.149. The van der Waals surface area contributed by atoms with Crippen molar-refractivity contribution in [2.24, 2.45) is 29.6 Å². The predicted octanol–water partition coefficient (Wildman–Crippen LogP) is 1.87. The zero-order valence-corrected chi connectivity index (χ0v) is 33.3. The smallest absolute Gasteiger partial charge is 0.407 e. The maximum absolute atomic E-state index is 14.4. The number of carbonyl (C=O) groups excluding carboxylic acids is 8. The van der Waals surface area contributed by atoms with Gasteiger partial charge in [0, 0.05) is 26.6 Å². The standard InChI is InChI=1S/C40H58N6O10/c1-7-15-27(34(48)36(50)41-20-28(47)43-31(37(51)45(5)6)24-16-11-9-12-17-24)42-35(49)33-29-26(30(29)39(53)55-8-2)21-46(33)38(52)32(25-18-13-10-14-19-25)44-40(54)56-22-23(3)4/h9,11-12,16-17,23,25-27,29-33H,7-8,10,13-15,18-22H2,1-6H3,(H,41,50)(H,42,49)(H,43,47)(H,44,54)/t26-,27?,29+,30?,31-,32-,33-/m0/s1. The maximum atomic E-state index is 14.4. The number of alkyl carbamates (subject to hydrolysis) is 1. The minimum atomic E-state index is -1.31. The highest BCUT2D eigenvalue weighted by atomic mass is 16.5. The third-order valence-corrected chi connectivity index (χ3v) is 10.6. The van der Waals surface area contributed by atoms with Gasteiger partial charge in [-0.15, -0.1) is 0 Å². The number of fused-ring (bicyclic) bond motifs is 1. The van der Waals surface area contributed by atoms with E-state index in [-0.39, 0.29) is 43.9 Å². The third-order valence-electron chi connectivity index (χ3n) is 10.6. The van der Waals surface area contributed by atoms with Gasteiger partial charge in [0.05, 0.1) is 31.7 Å². The summed E-state index contributed by atoms with van der Waals surface area (Å²) in [4.78, 5) is 110. The van der Waals surface area contributed by atoms with Crippen LogP contribution in [-0.2, 0) is 43.0 Å². The summed E-state index contributed by atoms with van der Waals surface area (Å²) in [6.07, 6.45) is 3.89. The highest BCUT2D eigenvalue weighted by molar-refractivity contribution is 6.38. The van der Waals surface area contributed by atoms with Crippen LogP contribution in [0.15, 0.2) is 30.3 Å². The Balaban J connectivity index is 1.49. The van der Waals surface area contributed by atoms with Gasteiger partial charge in [0.2, 0.25) is 29.4 Å². The molecular weight excluding hydrogens is 724 g/mol. The Hall–Kier alpha value is -5.02. The molecule has 1 saturated heterocycles. The van der Waals surface area contributed by atoms with Gasteiger partial charge >= 0.3 is 12.1 Å². The van der Waals surface area contributed by atoms with E-state index >= 15 is 0 Å². The Kier molecular flexibility index (Phi) is 15.8. The van der Waals surface area contributed by atoms with Crippen LogP contribution in [0.3, 0.4) is 0 Å². The fourth-order valence-corrected chi connectivity index (χ4v) is 7.79. The van der Waals surface area contributed by atoms with Crippen molar-refractivity contribution in [2.45, 2.75) is 96.8 Å². The van der Waals surface area contributed by atoms with Crippen molar-refractivity contribution in [3.8, 4) is 0 Å². The van der Waals surface area contributed by atoms with Gasteiger partial charge in [-0.3, -0.25) is 33.6 Å². The van der Waals surface area contributed by atoms with Gasteiger partial charge in [0.1, 0.15) is 18.1 Å². The average molecular weight is 783 g/mol. The highest BCUT2D eigenvalue weighted by Crippen LogP contribution is 2.56. The molecule has 308 valence electrons. The van der Waals surface area contributed by atoms with Gasteiger partial charge in [-0.05, 0) is 49.5 Å². The molecule has 3 aliphatic rings. The molecule has 16 nitrogen and oxygen atoms in total. The quantitative estimate of drug-likeness (QED) is 0.126. The number of hydrogen-bond acceptors (Lipinski definition) is 10. The molecule has 56 heavy (non-hydrogen) atoms. The second-order valence-corrected chi connectivity index (χ2v) is 15.5. The van der Waals surface area contributed by atoms with Crippen LogP contribution in [0.4, 0.5) is 4.79 Å². The molecule has 6 amide bonds. The normalized spacial score (nSPS) is 21.7. The number of likely N-dealkylation sites (N-methyl/N-ethyl adjacent to an activating group) is 1. The number of ether oxygens (including phenoxy) is 2. The van der Waals surface area contributed by atoms with E-state index in [1.165, 1.54) is 9.80 Å². The summed E-state index contributed by atoms with van der Waals surface area (Å²) >= 11 is 0. The van der Waals surface area contributed by atoms with Gasteiger partial charge in [0.25, 0.3) is 5.91 Å². The molecule has 7 atom stereocenters. The Labute approximate surface area is 328 Å². The van der Waals surface area contributed by atoms with Gasteiger partial charge in [-0.2, -0.15) is 0 Å². The zero-order chi connectivity index (χ0) is 41.1. The van der Waals surface area contributed by atoms with Gasteiger partial charge < -0.3 is 40.5 Å². The average Bonchev–Trinajstić information content (AvgIpc) is 3.75. The highest BCUT2D eigenvalue weighted by Gasteiger charge is 2.68.